The fraction of sp³-hybridized carbons (Fsp3) is 0.615. The van der Waals surface area contributed by atoms with Gasteiger partial charge in [-0.05, 0) is 37.5 Å². The number of piperazine rings is 1. The number of hydrogen-bond donors (Lipinski definition) is 0. The van der Waals surface area contributed by atoms with Crippen molar-refractivity contribution >= 4 is 37.3 Å². The van der Waals surface area contributed by atoms with Crippen molar-refractivity contribution in [1.29, 1.82) is 0 Å². The van der Waals surface area contributed by atoms with Crippen LogP contribution in [0.4, 0.5) is 5.69 Å². The minimum atomic E-state index is -3.40. The van der Waals surface area contributed by atoms with Crippen molar-refractivity contribution in [2.24, 2.45) is 0 Å². The molecule has 2 fully saturated rings. The monoisotopic (exact) mass is 615 g/mol. The van der Waals surface area contributed by atoms with Crippen LogP contribution in [0.25, 0.3) is 5.69 Å². The summed E-state index contributed by atoms with van der Waals surface area (Å²) in [5.41, 5.74) is 0.433. The highest BCUT2D eigenvalue weighted by Gasteiger charge is 2.34. The molecule has 2 aromatic rings. The Morgan fingerprint density at radius 3 is 2.23 bits per heavy atom. The molecule has 1 atom stereocenters. The Hall–Kier alpha value is -2.19. The Kier molecular flexibility index (Phi) is 10.1. The van der Waals surface area contributed by atoms with Gasteiger partial charge in [-0.25, -0.2) is 16.8 Å². The number of ether oxygens (including phenoxy) is 1. The van der Waals surface area contributed by atoms with E-state index in [0.717, 1.165) is 12.8 Å². The van der Waals surface area contributed by atoms with Gasteiger partial charge in [-0.3, -0.25) is 4.79 Å². The minimum Gasteiger partial charge on any atom is -0.481 e. The van der Waals surface area contributed by atoms with Crippen molar-refractivity contribution in [3.63, 3.8) is 0 Å². The summed E-state index contributed by atoms with van der Waals surface area (Å²) in [7, 11) is -6.74. The molecule has 0 radical (unpaired) electrons. The fourth-order valence-corrected chi connectivity index (χ4v) is 8.39. The number of nitrogens with zero attached hydrogens (tertiary/aromatic N) is 5. The van der Waals surface area contributed by atoms with Gasteiger partial charge in [0.05, 0.1) is 29.9 Å². The Bertz CT molecular complexity index is 1440. The molecule has 2 aliphatic rings. The molecule has 3 heterocycles. The molecule has 11 nitrogen and oxygen atoms in total. The largest absolute Gasteiger partial charge is 0.481 e. The number of aromatic nitrogens is 2. The SMILES string of the molecule is CCCCS(=O)(=O)N1CCN(c2cnn(-c3cccc(Cl)c3)c(=O)c2OC2CCN(S(=O)(=O)CCCC)C2)CC1. The van der Waals surface area contributed by atoms with Crippen molar-refractivity contribution in [2.45, 2.75) is 52.1 Å². The standard InChI is InChI=1S/C26H38ClN5O6S2/c1-3-5-16-39(34,35)30-14-12-29(13-15-30)24-19-28-32(22-9-7-8-21(27)18-22)26(33)25(24)38-23-10-11-31(20-23)40(36,37)17-6-4-2/h7-9,18-19,23H,3-6,10-17,20H2,1-2H3. The van der Waals surface area contributed by atoms with E-state index in [1.54, 1.807) is 30.5 Å². The van der Waals surface area contributed by atoms with Crippen LogP contribution in [0.15, 0.2) is 35.3 Å². The maximum absolute atomic E-state index is 13.8. The second-order valence-corrected chi connectivity index (χ2v) is 14.8. The third kappa shape index (κ3) is 7.17. The van der Waals surface area contributed by atoms with Crippen molar-refractivity contribution in [3.8, 4) is 11.4 Å². The fourth-order valence-electron chi connectivity index (χ4n) is 4.89. The summed E-state index contributed by atoms with van der Waals surface area (Å²) in [5, 5.41) is 4.83. The summed E-state index contributed by atoms with van der Waals surface area (Å²) in [6.07, 6.45) is 4.27. The van der Waals surface area contributed by atoms with Gasteiger partial charge in [0, 0.05) is 37.7 Å². The number of benzene rings is 1. The molecule has 0 bridgehead atoms. The second-order valence-electron chi connectivity index (χ2n) is 10.2. The van der Waals surface area contributed by atoms with E-state index in [1.807, 2.05) is 18.7 Å². The molecule has 0 N–H and O–H groups in total. The summed E-state index contributed by atoms with van der Waals surface area (Å²) in [4.78, 5) is 15.7. The van der Waals surface area contributed by atoms with E-state index in [4.69, 9.17) is 16.3 Å². The normalized spacial score (nSPS) is 19.3. The van der Waals surface area contributed by atoms with Gasteiger partial charge in [0.15, 0.2) is 0 Å². The Morgan fingerprint density at radius 1 is 0.950 bits per heavy atom. The average molecular weight is 616 g/mol. The molecular weight excluding hydrogens is 578 g/mol. The zero-order valence-corrected chi connectivity index (χ0v) is 25.4. The van der Waals surface area contributed by atoms with Crippen LogP contribution in [0.3, 0.4) is 0 Å². The van der Waals surface area contributed by atoms with Crippen LogP contribution in [0, 0.1) is 0 Å². The van der Waals surface area contributed by atoms with E-state index in [9.17, 15) is 21.6 Å². The van der Waals surface area contributed by atoms with Crippen molar-refractivity contribution < 1.29 is 21.6 Å². The van der Waals surface area contributed by atoms with Crippen LogP contribution in [-0.4, -0.2) is 92.1 Å². The predicted octanol–water partition coefficient (Wildman–Crippen LogP) is 2.72. The number of unbranched alkanes of at least 4 members (excludes halogenated alkanes) is 2. The summed E-state index contributed by atoms with van der Waals surface area (Å²) in [5.74, 6) is 0.271. The van der Waals surface area contributed by atoms with Crippen LogP contribution in [0.1, 0.15) is 46.0 Å². The minimum absolute atomic E-state index is 0.0649. The first-order valence-electron chi connectivity index (χ1n) is 13.8. The maximum Gasteiger partial charge on any atom is 0.316 e. The summed E-state index contributed by atoms with van der Waals surface area (Å²) < 4.78 is 61.3. The zero-order valence-electron chi connectivity index (χ0n) is 23.0. The van der Waals surface area contributed by atoms with Gasteiger partial charge in [0.1, 0.15) is 11.8 Å². The van der Waals surface area contributed by atoms with Gasteiger partial charge < -0.3 is 9.64 Å². The van der Waals surface area contributed by atoms with E-state index >= 15 is 0 Å². The van der Waals surface area contributed by atoms with E-state index in [0.29, 0.717) is 55.3 Å². The molecule has 14 heteroatoms. The smallest absolute Gasteiger partial charge is 0.316 e. The lowest BCUT2D eigenvalue weighted by molar-refractivity contribution is 0.211. The predicted molar refractivity (Wildman–Crippen MR) is 157 cm³/mol. The second kappa shape index (κ2) is 13.2. The van der Waals surface area contributed by atoms with Crippen LogP contribution >= 0.6 is 11.6 Å². The maximum atomic E-state index is 13.8. The number of halogens is 1. The molecule has 1 unspecified atom stereocenters. The quantitative estimate of drug-likeness (QED) is 0.357. The Balaban J connectivity index is 1.60. The molecule has 0 spiro atoms. The van der Waals surface area contributed by atoms with E-state index < -0.39 is 31.7 Å². The van der Waals surface area contributed by atoms with Gasteiger partial charge in [0.25, 0.3) is 0 Å². The topological polar surface area (TPSA) is 122 Å². The first-order chi connectivity index (χ1) is 19.1. The lowest BCUT2D eigenvalue weighted by Crippen LogP contribution is -2.49. The number of rotatable bonds is 12. The molecule has 0 saturated carbocycles. The highest BCUT2D eigenvalue weighted by molar-refractivity contribution is 7.89. The molecule has 1 aromatic heterocycles. The number of anilines is 1. The van der Waals surface area contributed by atoms with E-state index in [2.05, 4.69) is 5.10 Å². The molecule has 2 saturated heterocycles. The van der Waals surface area contributed by atoms with E-state index in [-0.39, 0.29) is 36.9 Å². The summed E-state index contributed by atoms with van der Waals surface area (Å²) >= 11 is 6.16. The van der Waals surface area contributed by atoms with Gasteiger partial charge in [0.2, 0.25) is 25.8 Å². The summed E-state index contributed by atoms with van der Waals surface area (Å²) in [6.45, 7) is 5.70. The first kappa shape index (κ1) is 30.8. The molecule has 40 heavy (non-hydrogen) atoms. The van der Waals surface area contributed by atoms with Crippen molar-refractivity contribution in [1.82, 2.24) is 18.4 Å². The molecule has 4 rings (SSSR count). The van der Waals surface area contributed by atoms with Crippen LogP contribution in [0.5, 0.6) is 5.75 Å². The van der Waals surface area contributed by atoms with Gasteiger partial charge in [-0.15, -0.1) is 0 Å². The average Bonchev–Trinajstić information content (AvgIpc) is 3.42. The first-order valence-corrected chi connectivity index (χ1v) is 17.4. The van der Waals surface area contributed by atoms with E-state index in [1.165, 1.54) is 13.3 Å². The lowest BCUT2D eigenvalue weighted by atomic mass is 10.2. The Morgan fingerprint density at radius 2 is 1.60 bits per heavy atom. The highest BCUT2D eigenvalue weighted by Crippen LogP contribution is 2.29. The third-order valence-electron chi connectivity index (χ3n) is 7.24. The van der Waals surface area contributed by atoms with Gasteiger partial charge in [-0.2, -0.15) is 18.4 Å². The third-order valence-corrected chi connectivity index (χ3v) is 11.4. The molecule has 0 aliphatic carbocycles. The van der Waals surface area contributed by atoms with Crippen LogP contribution in [-0.2, 0) is 20.0 Å². The molecule has 1 aromatic carbocycles. The number of sulfonamides is 2. The van der Waals surface area contributed by atoms with Gasteiger partial charge >= 0.3 is 5.56 Å². The molecule has 0 amide bonds. The molecular formula is C26H38ClN5O6S2. The van der Waals surface area contributed by atoms with Crippen LogP contribution < -0.4 is 15.2 Å². The summed E-state index contributed by atoms with van der Waals surface area (Å²) in [6, 6.07) is 6.74. The van der Waals surface area contributed by atoms with Crippen molar-refractivity contribution in [2.75, 3.05) is 55.7 Å². The number of hydrogen-bond acceptors (Lipinski definition) is 8. The molecule has 222 valence electrons. The highest BCUT2D eigenvalue weighted by atomic mass is 35.5. The van der Waals surface area contributed by atoms with Gasteiger partial charge in [-0.1, -0.05) is 44.4 Å². The lowest BCUT2D eigenvalue weighted by Gasteiger charge is -2.36. The molecule has 2 aliphatic heterocycles. The van der Waals surface area contributed by atoms with Crippen molar-refractivity contribution in [3.05, 3.63) is 45.8 Å². The van der Waals surface area contributed by atoms with Crippen LogP contribution in [0.2, 0.25) is 5.02 Å². The zero-order chi connectivity index (χ0) is 28.9. The Labute approximate surface area is 241 Å².